The number of carbonyl (C=O) groups is 2. The normalized spacial score (nSPS) is 14.4. The van der Waals surface area contributed by atoms with Gasteiger partial charge in [0.25, 0.3) is 5.91 Å². The number of carboxylic acid groups (broad SMARTS) is 1. The Kier molecular flexibility index (Phi) is 5.70. The van der Waals surface area contributed by atoms with Gasteiger partial charge in [-0.15, -0.1) is 0 Å². The maximum absolute atomic E-state index is 12.9. The fourth-order valence-corrected chi connectivity index (χ4v) is 4.21. The van der Waals surface area contributed by atoms with Gasteiger partial charge in [-0.1, -0.05) is 23.4 Å². The molecule has 4 aromatic rings. The Morgan fingerprint density at radius 3 is 2.82 bits per heavy atom. The number of anilines is 1. The standard InChI is InChI=1S/C24H24N6O4/c1-15-5-6-17(13-18(15)26-23(31)19-14-25-20-4-2-3-9-30(19)20)22-27-21(34-28-22)12-16-7-10-29(11-8-16)24(32)33/h2-6,9,13-14,16H,7-8,10-12H2,1H3,(H,26,31)(H,32,33). The molecule has 0 unspecified atom stereocenters. The Balaban J connectivity index is 1.29. The molecule has 10 heteroatoms. The maximum Gasteiger partial charge on any atom is 0.407 e. The van der Waals surface area contributed by atoms with Crippen LogP contribution in [0.5, 0.6) is 0 Å². The molecule has 0 spiro atoms. The molecular formula is C24H24N6O4. The third kappa shape index (κ3) is 4.34. The third-order valence-electron chi connectivity index (χ3n) is 6.21. The monoisotopic (exact) mass is 460 g/mol. The molecule has 1 aliphatic heterocycles. The van der Waals surface area contributed by atoms with E-state index in [1.165, 1.54) is 4.90 Å². The number of amides is 2. The number of carbonyl (C=O) groups excluding carboxylic acids is 1. The minimum absolute atomic E-state index is 0.263. The Morgan fingerprint density at radius 1 is 1.21 bits per heavy atom. The smallest absolute Gasteiger partial charge is 0.407 e. The van der Waals surface area contributed by atoms with E-state index < -0.39 is 6.09 Å². The molecule has 1 saturated heterocycles. The summed E-state index contributed by atoms with van der Waals surface area (Å²) < 4.78 is 7.20. The van der Waals surface area contributed by atoms with Gasteiger partial charge in [0.05, 0.1) is 6.20 Å². The number of benzene rings is 1. The summed E-state index contributed by atoms with van der Waals surface area (Å²) in [6, 6.07) is 11.2. The van der Waals surface area contributed by atoms with Gasteiger partial charge in [-0.3, -0.25) is 9.20 Å². The highest BCUT2D eigenvalue weighted by molar-refractivity contribution is 6.04. The number of pyridine rings is 1. The molecule has 5 rings (SSSR count). The second-order valence-corrected chi connectivity index (χ2v) is 8.48. The summed E-state index contributed by atoms with van der Waals surface area (Å²) in [5.41, 5.74) is 3.43. The van der Waals surface area contributed by atoms with E-state index in [2.05, 4.69) is 20.4 Å². The van der Waals surface area contributed by atoms with E-state index in [-0.39, 0.29) is 5.91 Å². The molecule has 34 heavy (non-hydrogen) atoms. The van der Waals surface area contributed by atoms with E-state index in [0.29, 0.717) is 54.2 Å². The van der Waals surface area contributed by atoms with Crippen LogP contribution in [0.2, 0.25) is 0 Å². The highest BCUT2D eigenvalue weighted by atomic mass is 16.5. The van der Waals surface area contributed by atoms with E-state index in [9.17, 15) is 9.59 Å². The second-order valence-electron chi connectivity index (χ2n) is 8.48. The summed E-state index contributed by atoms with van der Waals surface area (Å²) >= 11 is 0. The van der Waals surface area contributed by atoms with Crippen molar-refractivity contribution in [3.63, 3.8) is 0 Å². The summed E-state index contributed by atoms with van der Waals surface area (Å²) in [7, 11) is 0. The lowest BCUT2D eigenvalue weighted by Gasteiger charge is -2.29. The lowest BCUT2D eigenvalue weighted by Crippen LogP contribution is -2.37. The summed E-state index contributed by atoms with van der Waals surface area (Å²) in [4.78, 5) is 34.2. The molecule has 0 atom stereocenters. The van der Waals surface area contributed by atoms with Crippen LogP contribution in [0, 0.1) is 12.8 Å². The van der Waals surface area contributed by atoms with Crippen molar-refractivity contribution in [3.8, 4) is 11.4 Å². The molecule has 1 fully saturated rings. The van der Waals surface area contributed by atoms with Gasteiger partial charge in [0.15, 0.2) is 0 Å². The number of aromatic nitrogens is 4. The van der Waals surface area contributed by atoms with E-state index >= 15 is 0 Å². The minimum atomic E-state index is -0.873. The van der Waals surface area contributed by atoms with Gasteiger partial charge in [-0.05, 0) is 49.4 Å². The number of nitrogens with zero attached hydrogens (tertiary/aromatic N) is 5. The zero-order valence-corrected chi connectivity index (χ0v) is 18.6. The molecule has 2 amide bonds. The Bertz CT molecular complexity index is 1350. The van der Waals surface area contributed by atoms with Crippen LogP contribution in [0.25, 0.3) is 17.0 Å². The van der Waals surface area contributed by atoms with E-state index in [0.717, 1.165) is 24.0 Å². The molecule has 0 bridgehead atoms. The average Bonchev–Trinajstić information content (AvgIpc) is 3.48. The molecule has 10 nitrogen and oxygen atoms in total. The minimum Gasteiger partial charge on any atom is -0.465 e. The lowest BCUT2D eigenvalue weighted by atomic mass is 9.94. The Hall–Kier alpha value is -4.21. The highest BCUT2D eigenvalue weighted by Crippen LogP contribution is 2.26. The number of likely N-dealkylation sites (tertiary alicyclic amines) is 1. The molecular weight excluding hydrogens is 436 g/mol. The number of imidazole rings is 1. The first-order valence-corrected chi connectivity index (χ1v) is 11.1. The predicted octanol–water partition coefficient (Wildman–Crippen LogP) is 3.88. The summed E-state index contributed by atoms with van der Waals surface area (Å²) in [5, 5.41) is 16.2. The van der Waals surface area contributed by atoms with E-state index in [1.807, 2.05) is 43.3 Å². The second kappa shape index (κ2) is 8.97. The van der Waals surface area contributed by atoms with Crippen LogP contribution in [0.4, 0.5) is 10.5 Å². The SMILES string of the molecule is Cc1ccc(-c2noc(CC3CCN(C(=O)O)CC3)n2)cc1NC(=O)c1cnc2ccccn12. The average molecular weight is 460 g/mol. The number of rotatable bonds is 5. The number of hydrogen-bond acceptors (Lipinski definition) is 6. The van der Waals surface area contributed by atoms with E-state index in [1.54, 1.807) is 16.8 Å². The topological polar surface area (TPSA) is 126 Å². The van der Waals surface area contributed by atoms with Crippen LogP contribution < -0.4 is 5.32 Å². The molecule has 0 radical (unpaired) electrons. The molecule has 174 valence electrons. The van der Waals surface area contributed by atoms with Crippen LogP contribution in [0.3, 0.4) is 0 Å². The van der Waals surface area contributed by atoms with E-state index in [4.69, 9.17) is 9.63 Å². The number of nitrogens with one attached hydrogen (secondary N) is 1. The first-order chi connectivity index (χ1) is 16.5. The third-order valence-corrected chi connectivity index (χ3v) is 6.21. The van der Waals surface area contributed by atoms with Gasteiger partial charge in [0.1, 0.15) is 11.3 Å². The van der Waals surface area contributed by atoms with Crippen molar-refractivity contribution in [1.82, 2.24) is 24.4 Å². The van der Waals surface area contributed by atoms with Gasteiger partial charge in [-0.2, -0.15) is 4.98 Å². The Morgan fingerprint density at radius 2 is 2.03 bits per heavy atom. The molecule has 1 aromatic carbocycles. The summed E-state index contributed by atoms with van der Waals surface area (Å²) in [5.74, 6) is 1.02. The number of hydrogen-bond donors (Lipinski definition) is 2. The maximum atomic E-state index is 12.9. The fraction of sp³-hybridized carbons (Fsp3) is 0.292. The van der Waals surface area contributed by atoms with Gasteiger partial charge in [-0.25, -0.2) is 9.78 Å². The first kappa shape index (κ1) is 21.6. The molecule has 0 aliphatic carbocycles. The lowest BCUT2D eigenvalue weighted by molar-refractivity contribution is 0.102. The van der Waals surface area contributed by atoms with Crippen molar-refractivity contribution in [3.05, 3.63) is 65.9 Å². The van der Waals surface area contributed by atoms with Gasteiger partial charge >= 0.3 is 6.09 Å². The van der Waals surface area contributed by atoms with Gasteiger partial charge in [0.2, 0.25) is 11.7 Å². The molecule has 4 heterocycles. The van der Waals surface area contributed by atoms with Crippen molar-refractivity contribution >= 4 is 23.3 Å². The highest BCUT2D eigenvalue weighted by Gasteiger charge is 2.24. The number of piperidine rings is 1. The zero-order valence-electron chi connectivity index (χ0n) is 18.6. The van der Waals surface area contributed by atoms with Crippen LogP contribution in [0.15, 0.2) is 53.3 Å². The van der Waals surface area contributed by atoms with Crippen LogP contribution >= 0.6 is 0 Å². The number of aryl methyl sites for hydroxylation is 1. The Labute approximate surface area is 195 Å². The molecule has 2 N–H and O–H groups in total. The van der Waals surface area contributed by atoms with Crippen molar-refractivity contribution in [2.24, 2.45) is 5.92 Å². The van der Waals surface area contributed by atoms with Crippen molar-refractivity contribution < 1.29 is 19.2 Å². The van der Waals surface area contributed by atoms with Crippen molar-refractivity contribution in [1.29, 1.82) is 0 Å². The summed E-state index contributed by atoms with van der Waals surface area (Å²) in [6.45, 7) is 2.96. The fourth-order valence-electron chi connectivity index (χ4n) is 4.21. The van der Waals surface area contributed by atoms with Crippen LogP contribution in [0.1, 0.15) is 34.8 Å². The van der Waals surface area contributed by atoms with Crippen molar-refractivity contribution in [2.45, 2.75) is 26.2 Å². The zero-order chi connectivity index (χ0) is 23.7. The van der Waals surface area contributed by atoms with Gasteiger partial charge < -0.3 is 19.8 Å². The molecule has 1 aliphatic rings. The molecule has 3 aromatic heterocycles. The van der Waals surface area contributed by atoms with Crippen LogP contribution in [-0.4, -0.2) is 54.6 Å². The number of fused-ring (bicyclic) bond motifs is 1. The van der Waals surface area contributed by atoms with Gasteiger partial charge in [0, 0.05) is 37.0 Å². The quantitative estimate of drug-likeness (QED) is 0.463. The summed E-state index contributed by atoms with van der Waals surface area (Å²) in [6.07, 6.45) is 4.64. The predicted molar refractivity (Wildman–Crippen MR) is 124 cm³/mol. The van der Waals surface area contributed by atoms with Crippen LogP contribution in [-0.2, 0) is 6.42 Å². The first-order valence-electron chi connectivity index (χ1n) is 11.1. The largest absolute Gasteiger partial charge is 0.465 e. The van der Waals surface area contributed by atoms with Crippen molar-refractivity contribution in [2.75, 3.05) is 18.4 Å². The molecule has 0 saturated carbocycles.